The lowest BCUT2D eigenvalue weighted by atomic mass is 9.95. The number of benzene rings is 1. The largest absolute Gasteiger partial charge is 0.342 e. The van der Waals surface area contributed by atoms with Crippen molar-refractivity contribution in [3.63, 3.8) is 0 Å². The molecule has 2 aromatic rings. The van der Waals surface area contributed by atoms with Gasteiger partial charge in [0, 0.05) is 43.6 Å². The molecule has 2 amide bonds. The van der Waals surface area contributed by atoms with Gasteiger partial charge in [-0.1, -0.05) is 25.5 Å². The number of hydrogen-bond donors (Lipinski definition) is 1. The summed E-state index contributed by atoms with van der Waals surface area (Å²) in [6.07, 6.45) is 7.92. The van der Waals surface area contributed by atoms with Crippen LogP contribution in [0, 0.1) is 5.92 Å². The Morgan fingerprint density at radius 3 is 2.53 bits per heavy atom. The molecule has 32 heavy (non-hydrogen) atoms. The summed E-state index contributed by atoms with van der Waals surface area (Å²) in [6, 6.07) is 8.26. The lowest BCUT2D eigenvalue weighted by Crippen LogP contribution is -2.42. The lowest BCUT2D eigenvalue weighted by Gasteiger charge is -2.32. The van der Waals surface area contributed by atoms with E-state index in [2.05, 4.69) is 29.3 Å². The van der Waals surface area contributed by atoms with Gasteiger partial charge in [-0.3, -0.25) is 14.7 Å². The minimum Gasteiger partial charge on any atom is -0.342 e. The molecule has 7 heteroatoms. The Morgan fingerprint density at radius 1 is 1.09 bits per heavy atom. The fraction of sp³-hybridized carbons (Fsp3) is 0.600. The maximum Gasteiger partial charge on any atom is 0.228 e. The molecular formula is C25H33N5O2. The first-order chi connectivity index (χ1) is 15.6. The van der Waals surface area contributed by atoms with Crippen molar-refractivity contribution in [1.82, 2.24) is 20.1 Å². The van der Waals surface area contributed by atoms with E-state index in [1.165, 1.54) is 31.2 Å². The summed E-state index contributed by atoms with van der Waals surface area (Å²) in [4.78, 5) is 34.2. The zero-order valence-electron chi connectivity index (χ0n) is 18.9. The van der Waals surface area contributed by atoms with Crippen LogP contribution in [0.15, 0.2) is 24.3 Å². The number of aryl methyl sites for hydroxylation is 1. The number of H-pyrrole nitrogens is 1. The number of hydrogen-bond acceptors (Lipinski definition) is 4. The van der Waals surface area contributed by atoms with E-state index in [4.69, 9.17) is 4.98 Å². The molecule has 0 bridgehead atoms. The Hall–Kier alpha value is -2.70. The quantitative estimate of drug-likeness (QED) is 0.717. The SMILES string of the molecule is CCCCc1ccc(N2CC(C(=O)N3CCC(c4nc(C5CC5)n[nH]4)CC3)CC2=O)cc1. The molecular weight excluding hydrogens is 402 g/mol. The van der Waals surface area contributed by atoms with Crippen molar-refractivity contribution in [2.24, 2.45) is 5.92 Å². The maximum absolute atomic E-state index is 13.2. The third-order valence-corrected chi connectivity index (χ3v) is 7.20. The highest BCUT2D eigenvalue weighted by Crippen LogP contribution is 2.38. The number of carbonyl (C=O) groups is 2. The van der Waals surface area contributed by atoms with E-state index in [0.717, 1.165) is 49.7 Å². The molecule has 1 unspecified atom stereocenters. The molecule has 0 radical (unpaired) electrons. The van der Waals surface area contributed by atoms with Crippen molar-refractivity contribution in [3.05, 3.63) is 41.5 Å². The average molecular weight is 436 g/mol. The number of aromatic nitrogens is 3. The summed E-state index contributed by atoms with van der Waals surface area (Å²) in [5, 5.41) is 7.50. The number of aromatic amines is 1. The summed E-state index contributed by atoms with van der Waals surface area (Å²) in [7, 11) is 0. The molecule has 5 rings (SSSR count). The van der Waals surface area contributed by atoms with E-state index in [1.807, 2.05) is 17.0 Å². The van der Waals surface area contributed by atoms with Gasteiger partial charge in [0.2, 0.25) is 11.8 Å². The van der Waals surface area contributed by atoms with E-state index in [1.54, 1.807) is 4.90 Å². The number of piperidine rings is 1. The van der Waals surface area contributed by atoms with Crippen LogP contribution in [0.4, 0.5) is 5.69 Å². The third-order valence-electron chi connectivity index (χ3n) is 7.20. The van der Waals surface area contributed by atoms with E-state index < -0.39 is 0 Å². The third kappa shape index (κ3) is 4.43. The highest BCUT2D eigenvalue weighted by atomic mass is 16.2. The number of amides is 2. The molecule has 0 spiro atoms. The molecule has 2 aliphatic heterocycles. The Labute approximate surface area is 189 Å². The fourth-order valence-electron chi connectivity index (χ4n) is 4.97. The zero-order valence-corrected chi connectivity index (χ0v) is 18.9. The molecule has 170 valence electrons. The number of anilines is 1. The monoisotopic (exact) mass is 435 g/mol. The molecule has 1 aliphatic carbocycles. The van der Waals surface area contributed by atoms with Crippen LogP contribution in [0.2, 0.25) is 0 Å². The van der Waals surface area contributed by atoms with E-state index in [0.29, 0.717) is 24.8 Å². The van der Waals surface area contributed by atoms with Gasteiger partial charge < -0.3 is 9.80 Å². The number of nitrogens with zero attached hydrogens (tertiary/aromatic N) is 4. The second-order valence-corrected chi connectivity index (χ2v) is 9.63. The van der Waals surface area contributed by atoms with E-state index >= 15 is 0 Å². The van der Waals surface area contributed by atoms with Crippen molar-refractivity contribution >= 4 is 17.5 Å². The molecule has 1 aromatic heterocycles. The highest BCUT2D eigenvalue weighted by molar-refractivity contribution is 6.00. The number of unbranched alkanes of at least 4 members (excludes halogenated alkanes) is 1. The van der Waals surface area contributed by atoms with Gasteiger partial charge in [0.25, 0.3) is 0 Å². The molecule has 1 aromatic carbocycles. The molecule has 2 saturated heterocycles. The van der Waals surface area contributed by atoms with Crippen molar-refractivity contribution in [3.8, 4) is 0 Å². The predicted molar refractivity (Wildman–Crippen MR) is 122 cm³/mol. The highest BCUT2D eigenvalue weighted by Gasteiger charge is 2.38. The fourth-order valence-corrected chi connectivity index (χ4v) is 4.97. The topological polar surface area (TPSA) is 82.2 Å². The van der Waals surface area contributed by atoms with Crippen LogP contribution in [0.25, 0.3) is 0 Å². The molecule has 1 N–H and O–H groups in total. The summed E-state index contributed by atoms with van der Waals surface area (Å²) in [6.45, 7) is 4.12. The van der Waals surface area contributed by atoms with Crippen molar-refractivity contribution in [1.29, 1.82) is 0 Å². The first-order valence-corrected chi connectivity index (χ1v) is 12.2. The van der Waals surface area contributed by atoms with Crippen LogP contribution in [-0.2, 0) is 16.0 Å². The molecule has 3 fully saturated rings. The Morgan fingerprint density at radius 2 is 1.84 bits per heavy atom. The minimum atomic E-state index is -0.245. The summed E-state index contributed by atoms with van der Waals surface area (Å²) in [5.74, 6) is 2.75. The Kier molecular flexibility index (Phi) is 5.98. The van der Waals surface area contributed by atoms with Crippen LogP contribution in [-0.4, -0.2) is 51.5 Å². The molecule has 3 aliphatic rings. The van der Waals surface area contributed by atoms with E-state index in [-0.39, 0.29) is 17.7 Å². The number of carbonyl (C=O) groups excluding carboxylic acids is 2. The van der Waals surface area contributed by atoms with Gasteiger partial charge in [-0.2, -0.15) is 5.10 Å². The van der Waals surface area contributed by atoms with E-state index in [9.17, 15) is 9.59 Å². The molecule has 1 atom stereocenters. The van der Waals surface area contributed by atoms with Crippen LogP contribution in [0.5, 0.6) is 0 Å². The first kappa shape index (κ1) is 21.2. The maximum atomic E-state index is 13.2. The van der Waals surface area contributed by atoms with Crippen molar-refractivity contribution in [2.75, 3.05) is 24.5 Å². The summed E-state index contributed by atoms with van der Waals surface area (Å²) in [5.41, 5.74) is 2.20. The van der Waals surface area contributed by atoms with Gasteiger partial charge in [-0.15, -0.1) is 0 Å². The van der Waals surface area contributed by atoms with Gasteiger partial charge >= 0.3 is 0 Å². The van der Waals surface area contributed by atoms with Gasteiger partial charge in [-0.05, 0) is 56.2 Å². The van der Waals surface area contributed by atoms with Gasteiger partial charge in [0.15, 0.2) is 5.82 Å². The Balaban J connectivity index is 1.15. The molecule has 1 saturated carbocycles. The van der Waals surface area contributed by atoms with Gasteiger partial charge in [0.1, 0.15) is 5.82 Å². The predicted octanol–water partition coefficient (Wildman–Crippen LogP) is 3.78. The average Bonchev–Trinajstić information content (AvgIpc) is 3.43. The van der Waals surface area contributed by atoms with Crippen LogP contribution < -0.4 is 4.90 Å². The van der Waals surface area contributed by atoms with Crippen molar-refractivity contribution in [2.45, 2.75) is 70.1 Å². The van der Waals surface area contributed by atoms with Crippen LogP contribution in [0.1, 0.15) is 80.9 Å². The normalized spacial score (nSPS) is 22.0. The standard InChI is InChI=1S/C25H33N5O2/c1-2-3-4-17-5-9-21(10-6-17)30-16-20(15-22(30)31)25(32)29-13-11-19(12-14-29)24-26-23(27-28-24)18-7-8-18/h5-6,9-10,18-20H,2-4,7-8,11-16H2,1H3,(H,26,27,28). The molecule has 3 heterocycles. The summed E-state index contributed by atoms with van der Waals surface area (Å²) < 4.78 is 0. The zero-order chi connectivity index (χ0) is 22.1. The second kappa shape index (κ2) is 9.04. The molecule has 7 nitrogen and oxygen atoms in total. The number of likely N-dealkylation sites (tertiary alicyclic amines) is 1. The van der Waals surface area contributed by atoms with Crippen LogP contribution in [0.3, 0.4) is 0 Å². The van der Waals surface area contributed by atoms with Gasteiger partial charge in [0.05, 0.1) is 5.92 Å². The lowest BCUT2D eigenvalue weighted by molar-refractivity contribution is -0.136. The minimum absolute atomic E-state index is 0.0498. The Bertz CT molecular complexity index is 957. The van der Waals surface area contributed by atoms with Gasteiger partial charge in [-0.25, -0.2) is 4.98 Å². The number of rotatable bonds is 7. The van der Waals surface area contributed by atoms with Crippen molar-refractivity contribution < 1.29 is 9.59 Å². The van der Waals surface area contributed by atoms with Crippen LogP contribution >= 0.6 is 0 Å². The first-order valence-electron chi connectivity index (χ1n) is 12.2. The number of nitrogens with one attached hydrogen (secondary N) is 1. The summed E-state index contributed by atoms with van der Waals surface area (Å²) >= 11 is 0. The second-order valence-electron chi connectivity index (χ2n) is 9.63. The smallest absolute Gasteiger partial charge is 0.228 e.